The molecule has 0 aliphatic carbocycles. The molecule has 14 N–H and O–H groups in total. The van der Waals surface area contributed by atoms with Crippen LogP contribution in [0.4, 0.5) is 33.5 Å². The number of nitriles is 1. The van der Waals surface area contributed by atoms with E-state index in [9.17, 15) is 28.8 Å². The summed E-state index contributed by atoms with van der Waals surface area (Å²) in [7, 11) is 3.30. The van der Waals surface area contributed by atoms with Crippen LogP contribution in [0.1, 0.15) is 33.0 Å². The quantitative estimate of drug-likeness (QED) is 0.0581. The van der Waals surface area contributed by atoms with Crippen LogP contribution in [-0.4, -0.2) is 114 Å². The van der Waals surface area contributed by atoms with Gasteiger partial charge < -0.3 is 58.1 Å². The molecule has 0 saturated heterocycles. The first-order valence-corrected chi connectivity index (χ1v) is 40.2. The van der Waals surface area contributed by atoms with E-state index in [2.05, 4.69) is 79.9 Å². The fraction of sp³-hybridized carbons (Fsp3) is 0.0521. The molecule has 0 unspecified atom stereocenters. The lowest BCUT2D eigenvalue weighted by Crippen LogP contribution is -2.25. The highest BCUT2D eigenvalue weighted by molar-refractivity contribution is 6.36. The number of aromatic nitrogens is 18. The molecule has 0 spiro atoms. The van der Waals surface area contributed by atoms with Gasteiger partial charge in [-0.05, 0) is 135 Å². The van der Waals surface area contributed by atoms with Crippen LogP contribution in [0.3, 0.4) is 0 Å². The number of carbonyl (C=O) groups excluding carboxylic acids is 1. The van der Waals surface area contributed by atoms with E-state index in [-0.39, 0.29) is 51.9 Å². The van der Waals surface area contributed by atoms with Crippen molar-refractivity contribution in [2.24, 2.45) is 0 Å². The number of pyridine rings is 4. The topological polar surface area (TPSA) is 453 Å². The van der Waals surface area contributed by atoms with Crippen LogP contribution in [0, 0.1) is 37.9 Å². The first-order valence-electron chi connectivity index (χ1n) is 39.5. The Balaban J connectivity index is 0.000000118. The minimum atomic E-state index is -0.513. The number of nitrogens with zero attached hydrogens (tertiary/aromatic N) is 16. The maximum absolute atomic E-state index is 14.4. The molecule has 12 aromatic heterocycles. The molecule has 29 nitrogen and oxygen atoms in total. The van der Waals surface area contributed by atoms with Gasteiger partial charge in [0.05, 0.1) is 77.7 Å². The lowest BCUT2D eigenvalue weighted by Gasteiger charge is -2.15. The van der Waals surface area contributed by atoms with Crippen LogP contribution in [0.5, 0.6) is 0 Å². The van der Waals surface area contributed by atoms with Gasteiger partial charge in [-0.1, -0.05) is 145 Å². The van der Waals surface area contributed by atoms with Gasteiger partial charge in [0.15, 0.2) is 52.1 Å². The monoisotopic (exact) mass is 1730 g/mol. The van der Waals surface area contributed by atoms with Gasteiger partial charge >= 0.3 is 0 Å². The van der Waals surface area contributed by atoms with Crippen molar-refractivity contribution in [3.8, 4) is 108 Å². The van der Waals surface area contributed by atoms with E-state index in [0.29, 0.717) is 83.7 Å². The summed E-state index contributed by atoms with van der Waals surface area (Å²) in [5, 5.41) is 19.3. The summed E-state index contributed by atoms with van der Waals surface area (Å²) in [6.45, 7) is 5.90. The number of aryl methyl sites for hydroxylation is 3. The standard InChI is InChI=1S/C20H19N7O.C20H16N4O.C19H12ClN5.C19H13FN4O.C18H14ClN5O/c1-12-8-10-27(25-12)19-16(23-17(18(21)24-19)20(28)26(2)3)14-6-7-15-13(11-14)5-4-9-22-15;1-12-9-10-22-16-8-7-14(11-15(12)16)18-17(13-5-3-2-4-6-13)23-19(21)20(25)24-18;20-14-9-13(8-12-6-7-23-16(12)14)18-17(11-4-2-1-3-5-11)25-19(22)15(10-21)24-18;20-14-10-13(9-12-7-4-8-22-15(12)14)17-16(11-5-2-1-3-6-11)23-18(21)19(25)24-17;1-10-4-6-24(9-10)17-15(22-18(25)16(20)23-17)12-7-11-3-2-5-21-14(11)13(19)8-12/h4-11H,1-3H3,(H2,21,24);2-11H,1H3,(H2,21,23)(H,24,25);1-9,23H,(H2,22,25);1-10H,(H2,21,23)(H,24,25);2-9H,1H3,(H2,20,23)(H,22,25). The number of aromatic amines is 4. The molecule has 0 bridgehead atoms. The summed E-state index contributed by atoms with van der Waals surface area (Å²) in [6.07, 6.45) is 14.2. The van der Waals surface area contributed by atoms with Crippen LogP contribution in [0.25, 0.3) is 156 Å². The molecule has 8 aromatic carbocycles. The number of nitrogen functional groups attached to an aromatic ring is 5. The third kappa shape index (κ3) is 17.9. The molecule has 0 radical (unpaired) electrons. The van der Waals surface area contributed by atoms with E-state index in [0.717, 1.165) is 93.9 Å². The van der Waals surface area contributed by atoms with Crippen molar-refractivity contribution in [3.63, 3.8) is 0 Å². The number of hydrogen-bond donors (Lipinski definition) is 9. The van der Waals surface area contributed by atoms with Crippen molar-refractivity contribution in [1.82, 2.24) is 94.0 Å². The van der Waals surface area contributed by atoms with Crippen LogP contribution < -0.4 is 45.3 Å². The van der Waals surface area contributed by atoms with Crippen molar-refractivity contribution in [2.75, 3.05) is 42.8 Å². The van der Waals surface area contributed by atoms with E-state index in [1.807, 2.05) is 244 Å². The van der Waals surface area contributed by atoms with Crippen molar-refractivity contribution >= 4 is 113 Å². The summed E-state index contributed by atoms with van der Waals surface area (Å²) in [5.41, 5.74) is 45.3. The lowest BCUT2D eigenvalue weighted by molar-refractivity contribution is 0.0822. The molecule has 0 aliphatic heterocycles. The number of H-pyrrole nitrogens is 4. The first kappa shape index (κ1) is 84.3. The number of amides is 1. The van der Waals surface area contributed by atoms with E-state index in [1.165, 1.54) is 17.2 Å². The molecule has 1 amide bonds. The van der Waals surface area contributed by atoms with Crippen molar-refractivity contribution in [2.45, 2.75) is 20.8 Å². The van der Waals surface area contributed by atoms with Crippen LogP contribution in [0.15, 0.2) is 288 Å². The Morgan fingerprint density at radius 2 is 0.977 bits per heavy atom. The zero-order valence-corrected chi connectivity index (χ0v) is 70.3. The highest BCUT2D eigenvalue weighted by atomic mass is 35.5. The summed E-state index contributed by atoms with van der Waals surface area (Å²) in [6, 6.07) is 71.6. The van der Waals surface area contributed by atoms with Crippen molar-refractivity contribution in [3.05, 3.63) is 349 Å². The van der Waals surface area contributed by atoms with Crippen LogP contribution >= 0.6 is 23.2 Å². The fourth-order valence-electron chi connectivity index (χ4n) is 14.2. The number of carbonyl (C=O) groups is 1. The zero-order valence-electron chi connectivity index (χ0n) is 68.8. The third-order valence-corrected chi connectivity index (χ3v) is 21.0. The SMILES string of the molecule is Cc1ccn(-c2nc(N)c(=O)[nH]c2-c2cc(Cl)c3ncccc3c2)c1.Cc1ccn(-c2nc(N)c(C(=O)N(C)C)nc2-c2ccc3ncccc3c2)n1.Cc1ccnc2ccc(-c3[nH]c(=O)c(N)nc3-c3ccccc3)cc12.N#Cc1nc(-c2cc(Cl)c3[nH]ccc3c2)c(-c2ccccc2)nc1N.Nc1nc(-c2ccccc2)c(-c2cc(F)c3ncccc3c2)[nH]c1=O. The minimum absolute atomic E-state index is 0.0405. The number of nitrogens with one attached hydrogen (secondary N) is 4. The summed E-state index contributed by atoms with van der Waals surface area (Å²) in [4.78, 5) is 109. The Hall–Kier alpha value is -17.3. The average Bonchev–Trinajstić information content (AvgIpc) is 0.920. The third-order valence-electron chi connectivity index (χ3n) is 20.4. The van der Waals surface area contributed by atoms with Gasteiger partial charge in [0.1, 0.15) is 23.1 Å². The second-order valence-electron chi connectivity index (χ2n) is 29.4. The molecule has 0 saturated carbocycles. The smallest absolute Gasteiger partial charge is 0.291 e. The molecule has 32 heteroatoms. The van der Waals surface area contributed by atoms with Crippen LogP contribution in [0.2, 0.25) is 10.0 Å². The largest absolute Gasteiger partial charge is 0.382 e. The van der Waals surface area contributed by atoms with Gasteiger partial charge in [0.25, 0.3) is 22.6 Å². The molecule has 128 heavy (non-hydrogen) atoms. The average molecular weight is 1730 g/mol. The Morgan fingerprint density at radius 3 is 1.60 bits per heavy atom. The van der Waals surface area contributed by atoms with Crippen molar-refractivity contribution in [1.29, 1.82) is 5.26 Å². The Morgan fingerprint density at radius 1 is 0.445 bits per heavy atom. The fourth-order valence-corrected chi connectivity index (χ4v) is 14.7. The number of halogens is 3. The predicted octanol–water partition coefficient (Wildman–Crippen LogP) is 17.1. The summed E-state index contributed by atoms with van der Waals surface area (Å²) in [5.74, 6) is 0.132. The number of rotatable bonds is 11. The first-order chi connectivity index (χ1) is 61.9. The van der Waals surface area contributed by atoms with Gasteiger partial charge in [-0.2, -0.15) is 10.4 Å². The molecule has 0 atom stereocenters. The molecule has 20 rings (SSSR count). The Kier molecular flexibility index (Phi) is 24.0. The van der Waals surface area contributed by atoms with Gasteiger partial charge in [0, 0.05) is 135 Å². The van der Waals surface area contributed by atoms with Gasteiger partial charge in [0.2, 0.25) is 0 Å². The molecule has 628 valence electrons. The van der Waals surface area contributed by atoms with E-state index < -0.39 is 22.5 Å². The van der Waals surface area contributed by atoms with E-state index in [1.54, 1.807) is 67.8 Å². The Bertz CT molecular complexity index is 7910. The van der Waals surface area contributed by atoms with Crippen LogP contribution in [-0.2, 0) is 0 Å². The number of nitrogens with two attached hydrogens (primary N) is 5. The molecule has 0 aliphatic rings. The molecule has 12 heterocycles. The molecule has 0 fully saturated rings. The highest BCUT2D eigenvalue weighted by Crippen LogP contribution is 2.39. The Labute approximate surface area is 737 Å². The molecular weight excluding hydrogens is 1660 g/mol. The lowest BCUT2D eigenvalue weighted by atomic mass is 10.0. The predicted molar refractivity (Wildman–Crippen MR) is 501 cm³/mol. The maximum Gasteiger partial charge on any atom is 0.291 e. The number of hydrogen-bond acceptors (Lipinski definition) is 22. The van der Waals surface area contributed by atoms with Gasteiger partial charge in [-0.3, -0.25) is 39.1 Å². The number of benzene rings is 8. The summed E-state index contributed by atoms with van der Waals surface area (Å²) >= 11 is 12.8. The van der Waals surface area contributed by atoms with E-state index >= 15 is 0 Å². The maximum atomic E-state index is 14.4. The zero-order chi connectivity index (χ0) is 89.6. The second-order valence-corrected chi connectivity index (χ2v) is 30.2. The number of anilines is 5. The summed E-state index contributed by atoms with van der Waals surface area (Å²) < 4.78 is 17.9. The van der Waals surface area contributed by atoms with E-state index in [4.69, 9.17) is 51.9 Å². The van der Waals surface area contributed by atoms with Crippen molar-refractivity contribution < 1.29 is 9.18 Å². The number of fused-ring (bicyclic) bond motifs is 5. The highest BCUT2D eigenvalue weighted by Gasteiger charge is 2.25. The normalized spacial score (nSPS) is 10.9. The minimum Gasteiger partial charge on any atom is -0.382 e. The second kappa shape index (κ2) is 36.4. The molecular formula is C96H74Cl2FN25O4. The molecule has 20 aromatic rings. The van der Waals surface area contributed by atoms with Gasteiger partial charge in [-0.15, -0.1) is 0 Å². The van der Waals surface area contributed by atoms with Gasteiger partial charge in [-0.25, -0.2) is 44.0 Å².